The molecule has 0 aliphatic heterocycles. The molecule has 3 rings (SSSR count). The van der Waals surface area contributed by atoms with Crippen LogP contribution in [0.1, 0.15) is 31.9 Å². The highest BCUT2D eigenvalue weighted by molar-refractivity contribution is 9.10. The van der Waals surface area contributed by atoms with E-state index in [4.69, 9.17) is 11.6 Å². The van der Waals surface area contributed by atoms with Crippen LogP contribution in [-0.2, 0) is 32.3 Å². The maximum Gasteiger partial charge on any atom is 0.417 e. The molecule has 0 fully saturated rings. The summed E-state index contributed by atoms with van der Waals surface area (Å²) in [6.07, 6.45) is -4.88. The third-order valence-corrected chi connectivity index (χ3v) is 8.86. The lowest BCUT2D eigenvalue weighted by molar-refractivity contribution is -0.139. The molecule has 3 aromatic carbocycles. The first-order valence-electron chi connectivity index (χ1n) is 12.9. The monoisotopic (exact) mass is 687 g/mol. The molecule has 0 bridgehead atoms. The molecule has 0 saturated carbocycles. The number of sulfonamides is 1. The lowest BCUT2D eigenvalue weighted by atomic mass is 10.1. The molecule has 1 N–H and O–H groups in total. The topological polar surface area (TPSA) is 86.8 Å². The number of hydrogen-bond donors (Lipinski definition) is 1. The van der Waals surface area contributed by atoms with E-state index < -0.39 is 56.9 Å². The van der Waals surface area contributed by atoms with Crippen LogP contribution in [0.5, 0.6) is 0 Å². The molecule has 0 radical (unpaired) electrons. The third kappa shape index (κ3) is 8.48. The van der Waals surface area contributed by atoms with Gasteiger partial charge in [0.05, 0.1) is 21.2 Å². The smallest absolute Gasteiger partial charge is 0.354 e. The Labute approximate surface area is 256 Å². The van der Waals surface area contributed by atoms with Crippen LogP contribution in [-0.4, -0.2) is 44.3 Å². The predicted molar refractivity (Wildman–Crippen MR) is 159 cm³/mol. The van der Waals surface area contributed by atoms with Gasteiger partial charge in [-0.15, -0.1) is 0 Å². The molecule has 3 aromatic rings. The van der Waals surface area contributed by atoms with Gasteiger partial charge in [0.2, 0.25) is 11.8 Å². The van der Waals surface area contributed by atoms with Crippen LogP contribution in [0.2, 0.25) is 5.02 Å². The quantitative estimate of drug-likeness (QED) is 0.249. The Hall–Kier alpha value is -3.09. The Morgan fingerprint density at radius 3 is 2.24 bits per heavy atom. The number of hydrogen-bond acceptors (Lipinski definition) is 4. The fourth-order valence-electron chi connectivity index (χ4n) is 4.00. The summed E-state index contributed by atoms with van der Waals surface area (Å²) in [6.45, 7) is 4.72. The van der Waals surface area contributed by atoms with Gasteiger partial charge in [-0.3, -0.25) is 13.9 Å². The minimum absolute atomic E-state index is 0.0673. The number of halogens is 5. The number of benzene rings is 3. The van der Waals surface area contributed by atoms with Crippen LogP contribution < -0.4 is 9.62 Å². The fourth-order valence-corrected chi connectivity index (χ4v) is 6.10. The third-order valence-electron chi connectivity index (χ3n) is 6.25. The van der Waals surface area contributed by atoms with Gasteiger partial charge in [-0.2, -0.15) is 13.2 Å². The first-order chi connectivity index (χ1) is 19.6. The molecule has 0 aliphatic rings. The SMILES string of the molecule is CC(C)CNC(=O)[C@@H](C)N(Cc1cccc(Br)c1)C(=O)CN(c1ccc(Cl)c(C(F)(F)F)c1)S(=O)(=O)c1ccccc1. The van der Waals surface area contributed by atoms with Crippen molar-refractivity contribution in [1.29, 1.82) is 0 Å². The number of alkyl halides is 3. The molecule has 0 spiro atoms. The van der Waals surface area contributed by atoms with Gasteiger partial charge in [-0.25, -0.2) is 8.42 Å². The van der Waals surface area contributed by atoms with Crippen molar-refractivity contribution in [2.75, 3.05) is 17.4 Å². The highest BCUT2D eigenvalue weighted by Crippen LogP contribution is 2.38. The van der Waals surface area contributed by atoms with Gasteiger partial charge in [-0.05, 0) is 60.9 Å². The zero-order chi connectivity index (χ0) is 31.2. The van der Waals surface area contributed by atoms with Crippen LogP contribution in [0, 0.1) is 5.92 Å². The molecule has 42 heavy (non-hydrogen) atoms. The molecular weight excluding hydrogens is 659 g/mol. The second-order valence-electron chi connectivity index (χ2n) is 9.95. The Balaban J connectivity index is 2.09. The number of nitrogens with zero attached hydrogens (tertiary/aromatic N) is 2. The number of rotatable bonds is 11. The second-order valence-corrected chi connectivity index (χ2v) is 13.1. The van der Waals surface area contributed by atoms with E-state index in [1.165, 1.54) is 36.1 Å². The first-order valence-corrected chi connectivity index (χ1v) is 15.5. The maximum atomic E-state index is 13.9. The second kappa shape index (κ2) is 13.9. The van der Waals surface area contributed by atoms with Crippen molar-refractivity contribution in [3.63, 3.8) is 0 Å². The number of nitrogens with one attached hydrogen (secondary N) is 1. The molecule has 2 amide bonds. The van der Waals surface area contributed by atoms with Crippen molar-refractivity contribution in [3.05, 3.63) is 93.4 Å². The van der Waals surface area contributed by atoms with Gasteiger partial charge in [0.15, 0.2) is 0 Å². The highest BCUT2D eigenvalue weighted by Gasteiger charge is 2.37. The van der Waals surface area contributed by atoms with E-state index in [2.05, 4.69) is 21.2 Å². The lowest BCUT2D eigenvalue weighted by Crippen LogP contribution is -2.51. The van der Waals surface area contributed by atoms with Crippen molar-refractivity contribution >= 4 is 55.1 Å². The number of carbonyl (C=O) groups is 2. The molecule has 1 atom stereocenters. The number of carbonyl (C=O) groups excluding carboxylic acids is 2. The summed E-state index contributed by atoms with van der Waals surface area (Å²) < 4.78 is 70.0. The van der Waals surface area contributed by atoms with E-state index in [-0.39, 0.29) is 17.4 Å². The van der Waals surface area contributed by atoms with E-state index in [0.29, 0.717) is 22.5 Å². The van der Waals surface area contributed by atoms with Crippen LogP contribution in [0.25, 0.3) is 0 Å². The zero-order valence-corrected chi connectivity index (χ0v) is 26.2. The fraction of sp³-hybridized carbons (Fsp3) is 0.310. The largest absolute Gasteiger partial charge is 0.417 e. The average Bonchev–Trinajstić information content (AvgIpc) is 2.93. The first kappa shape index (κ1) is 33.4. The summed E-state index contributed by atoms with van der Waals surface area (Å²) in [4.78, 5) is 27.9. The van der Waals surface area contributed by atoms with E-state index in [9.17, 15) is 31.2 Å². The number of anilines is 1. The molecule has 0 saturated heterocycles. The van der Waals surface area contributed by atoms with E-state index in [1.807, 2.05) is 13.8 Å². The molecule has 0 aliphatic carbocycles. The Kier molecular flexibility index (Phi) is 11.1. The maximum absolute atomic E-state index is 13.9. The van der Waals surface area contributed by atoms with Gasteiger partial charge < -0.3 is 10.2 Å². The van der Waals surface area contributed by atoms with Crippen LogP contribution in [0.4, 0.5) is 18.9 Å². The van der Waals surface area contributed by atoms with Gasteiger partial charge in [0.1, 0.15) is 12.6 Å². The molecule has 0 heterocycles. The normalized spacial score (nSPS) is 12.6. The zero-order valence-electron chi connectivity index (χ0n) is 23.0. The van der Waals surface area contributed by atoms with Crippen molar-refractivity contribution in [1.82, 2.24) is 10.2 Å². The summed E-state index contributed by atoms with van der Waals surface area (Å²) in [6, 6.07) is 15.6. The predicted octanol–water partition coefficient (Wildman–Crippen LogP) is 6.51. The van der Waals surface area contributed by atoms with Crippen LogP contribution in [0.15, 0.2) is 82.2 Å². The molecule has 0 unspecified atom stereocenters. The van der Waals surface area contributed by atoms with Gasteiger partial charge in [-0.1, -0.05) is 71.7 Å². The summed E-state index contributed by atoms with van der Waals surface area (Å²) in [5.41, 5.74) is -1.03. The Morgan fingerprint density at radius 2 is 1.64 bits per heavy atom. The van der Waals surface area contributed by atoms with Crippen LogP contribution >= 0.6 is 27.5 Å². The Bertz CT molecular complexity index is 1520. The van der Waals surface area contributed by atoms with Gasteiger partial charge in [0.25, 0.3) is 10.0 Å². The minimum Gasteiger partial charge on any atom is -0.354 e. The lowest BCUT2D eigenvalue weighted by Gasteiger charge is -2.32. The Morgan fingerprint density at radius 1 is 0.976 bits per heavy atom. The van der Waals surface area contributed by atoms with E-state index in [1.54, 1.807) is 30.3 Å². The molecular formula is C29H30BrClF3N3O4S. The molecule has 0 aromatic heterocycles. The van der Waals surface area contributed by atoms with E-state index in [0.717, 1.165) is 16.6 Å². The average molecular weight is 689 g/mol. The summed E-state index contributed by atoms with van der Waals surface area (Å²) in [5, 5.41) is 2.15. The van der Waals surface area contributed by atoms with Crippen molar-refractivity contribution in [2.24, 2.45) is 5.92 Å². The summed E-state index contributed by atoms with van der Waals surface area (Å²) in [7, 11) is -4.54. The minimum atomic E-state index is -4.88. The van der Waals surface area contributed by atoms with Crippen LogP contribution in [0.3, 0.4) is 0 Å². The summed E-state index contributed by atoms with van der Waals surface area (Å²) >= 11 is 9.17. The highest BCUT2D eigenvalue weighted by atomic mass is 79.9. The molecule has 226 valence electrons. The molecule has 7 nitrogen and oxygen atoms in total. The van der Waals surface area contributed by atoms with Crippen molar-refractivity contribution < 1.29 is 31.2 Å². The standard InChI is InChI=1S/C29H30BrClF3N3O4S/c1-19(2)16-35-28(39)20(3)36(17-21-8-7-9-22(30)14-21)27(38)18-37(42(40,41)24-10-5-4-6-11-24)23-12-13-26(31)25(15-23)29(32,33)34/h4-15,19-20H,16-18H2,1-3H3,(H,35,39)/t20-/m1/s1. The van der Waals surface area contributed by atoms with Crippen molar-refractivity contribution in [3.8, 4) is 0 Å². The van der Waals surface area contributed by atoms with Gasteiger partial charge in [0, 0.05) is 17.6 Å². The van der Waals surface area contributed by atoms with Gasteiger partial charge >= 0.3 is 6.18 Å². The van der Waals surface area contributed by atoms with Crippen molar-refractivity contribution in [2.45, 2.75) is 44.4 Å². The molecule has 13 heteroatoms. The summed E-state index contributed by atoms with van der Waals surface area (Å²) in [5.74, 6) is -1.13. The van der Waals surface area contributed by atoms with E-state index >= 15 is 0 Å². The number of amides is 2.